The van der Waals surface area contributed by atoms with Crippen molar-refractivity contribution in [1.29, 1.82) is 0 Å². The third-order valence-electron chi connectivity index (χ3n) is 5.65. The molecule has 1 N–H and O–H groups in total. The van der Waals surface area contributed by atoms with Crippen LogP contribution in [0.2, 0.25) is 0 Å². The Kier molecular flexibility index (Phi) is 4.48. The first-order valence-corrected chi connectivity index (χ1v) is 9.97. The number of aryl methyl sites for hydroxylation is 1. The van der Waals surface area contributed by atoms with Crippen LogP contribution in [0.3, 0.4) is 0 Å². The van der Waals surface area contributed by atoms with Crippen molar-refractivity contribution in [2.24, 2.45) is 0 Å². The number of rotatable bonds is 4. The monoisotopic (exact) mass is 385 g/mol. The molecular weight excluding hydrogens is 362 g/mol. The van der Waals surface area contributed by atoms with E-state index in [0.717, 1.165) is 36.6 Å². The van der Waals surface area contributed by atoms with Gasteiger partial charge in [0.25, 0.3) is 11.3 Å². The van der Waals surface area contributed by atoms with Crippen molar-refractivity contribution in [2.75, 3.05) is 6.54 Å². The molecule has 0 spiro atoms. The normalized spacial score (nSPS) is 14.2. The van der Waals surface area contributed by atoms with Crippen molar-refractivity contribution >= 4 is 5.78 Å². The van der Waals surface area contributed by atoms with Gasteiger partial charge in [-0.3, -0.25) is 14.8 Å². The van der Waals surface area contributed by atoms with Gasteiger partial charge in [-0.15, -0.1) is 0 Å². The first kappa shape index (κ1) is 17.8. The van der Waals surface area contributed by atoms with Crippen molar-refractivity contribution < 1.29 is 0 Å². The van der Waals surface area contributed by atoms with Crippen LogP contribution < -0.4 is 5.56 Å². The first-order valence-electron chi connectivity index (χ1n) is 9.97. The average Bonchev–Trinajstić information content (AvgIpc) is 3.14. The van der Waals surface area contributed by atoms with Gasteiger partial charge >= 0.3 is 0 Å². The molecule has 6 heteroatoms. The second kappa shape index (κ2) is 7.29. The molecule has 6 nitrogen and oxygen atoms in total. The summed E-state index contributed by atoms with van der Waals surface area (Å²) in [6, 6.07) is 18.6. The molecule has 146 valence electrons. The second-order valence-corrected chi connectivity index (χ2v) is 7.68. The molecule has 0 bridgehead atoms. The van der Waals surface area contributed by atoms with E-state index in [1.807, 2.05) is 37.3 Å². The molecule has 0 amide bonds. The fraction of sp³-hybridized carbons (Fsp3) is 0.261. The van der Waals surface area contributed by atoms with E-state index in [0.29, 0.717) is 24.3 Å². The maximum Gasteiger partial charge on any atom is 0.277 e. The summed E-state index contributed by atoms with van der Waals surface area (Å²) in [5, 5.41) is 3.18. The molecule has 3 heterocycles. The van der Waals surface area contributed by atoms with Crippen LogP contribution in [0.5, 0.6) is 0 Å². The van der Waals surface area contributed by atoms with Gasteiger partial charge in [0.15, 0.2) is 0 Å². The SMILES string of the molecule is Cc1nc2nc(CN3CCc4ccccc4C3)[nH]n2c(=O)c1Cc1ccccc1. The Morgan fingerprint density at radius 3 is 2.59 bits per heavy atom. The number of aromatic amines is 1. The number of nitrogens with one attached hydrogen (secondary N) is 1. The van der Waals surface area contributed by atoms with Crippen molar-refractivity contribution in [3.05, 3.63) is 98.7 Å². The van der Waals surface area contributed by atoms with Gasteiger partial charge in [0.2, 0.25) is 0 Å². The zero-order chi connectivity index (χ0) is 19.8. The van der Waals surface area contributed by atoms with Crippen LogP contribution in [0.25, 0.3) is 5.78 Å². The summed E-state index contributed by atoms with van der Waals surface area (Å²) in [6.07, 6.45) is 1.60. The minimum absolute atomic E-state index is 0.0703. The average molecular weight is 385 g/mol. The lowest BCUT2D eigenvalue weighted by atomic mass is 10.00. The first-order chi connectivity index (χ1) is 14.2. The number of nitrogens with zero attached hydrogens (tertiary/aromatic N) is 4. The van der Waals surface area contributed by atoms with Gasteiger partial charge in [-0.1, -0.05) is 54.6 Å². The van der Waals surface area contributed by atoms with Crippen molar-refractivity contribution in [1.82, 2.24) is 24.5 Å². The van der Waals surface area contributed by atoms with Gasteiger partial charge in [-0.05, 0) is 30.0 Å². The highest BCUT2D eigenvalue weighted by molar-refractivity contribution is 5.35. The van der Waals surface area contributed by atoms with E-state index < -0.39 is 0 Å². The van der Waals surface area contributed by atoms with Crippen LogP contribution >= 0.6 is 0 Å². The zero-order valence-electron chi connectivity index (χ0n) is 16.4. The van der Waals surface area contributed by atoms with Crippen LogP contribution in [0, 0.1) is 6.92 Å². The van der Waals surface area contributed by atoms with Crippen molar-refractivity contribution in [2.45, 2.75) is 32.9 Å². The quantitative estimate of drug-likeness (QED) is 0.587. The third-order valence-corrected chi connectivity index (χ3v) is 5.65. The molecule has 2 aromatic carbocycles. The van der Waals surface area contributed by atoms with E-state index in [-0.39, 0.29) is 5.56 Å². The molecule has 0 atom stereocenters. The molecule has 0 radical (unpaired) electrons. The highest BCUT2D eigenvalue weighted by Gasteiger charge is 2.19. The van der Waals surface area contributed by atoms with Gasteiger partial charge in [0.1, 0.15) is 5.82 Å². The number of fused-ring (bicyclic) bond motifs is 2. The van der Waals surface area contributed by atoms with Crippen molar-refractivity contribution in [3.63, 3.8) is 0 Å². The molecule has 4 aromatic rings. The Balaban J connectivity index is 1.42. The van der Waals surface area contributed by atoms with E-state index in [1.54, 1.807) is 0 Å². The molecule has 0 saturated carbocycles. The summed E-state index contributed by atoms with van der Waals surface area (Å²) in [7, 11) is 0. The largest absolute Gasteiger partial charge is 0.291 e. The number of hydrogen-bond acceptors (Lipinski definition) is 4. The standard InChI is InChI=1S/C23H23N5O/c1-16-20(13-17-7-3-2-4-8-17)22(29)28-23(24-16)25-21(26-28)15-27-12-11-18-9-5-6-10-19(18)14-27/h2-10H,11-15H2,1H3,(H,24,25,26). The second-order valence-electron chi connectivity index (χ2n) is 7.68. The summed E-state index contributed by atoms with van der Waals surface area (Å²) in [5.74, 6) is 1.21. The molecule has 0 fully saturated rings. The minimum Gasteiger partial charge on any atom is -0.291 e. The summed E-state index contributed by atoms with van der Waals surface area (Å²) in [4.78, 5) is 24.6. The van der Waals surface area contributed by atoms with E-state index >= 15 is 0 Å². The highest BCUT2D eigenvalue weighted by atomic mass is 16.1. The lowest BCUT2D eigenvalue weighted by molar-refractivity contribution is 0.239. The van der Waals surface area contributed by atoms with Crippen LogP contribution in [-0.4, -0.2) is 31.0 Å². The smallest absolute Gasteiger partial charge is 0.277 e. The number of H-pyrrole nitrogens is 1. The molecule has 0 unspecified atom stereocenters. The predicted octanol–water partition coefficient (Wildman–Crippen LogP) is 2.88. The fourth-order valence-electron chi connectivity index (χ4n) is 4.07. The predicted molar refractivity (Wildman–Crippen MR) is 112 cm³/mol. The van der Waals surface area contributed by atoms with Gasteiger partial charge in [0, 0.05) is 25.1 Å². The van der Waals surface area contributed by atoms with Gasteiger partial charge in [-0.2, -0.15) is 9.50 Å². The van der Waals surface area contributed by atoms with E-state index in [9.17, 15) is 4.79 Å². The Morgan fingerprint density at radius 2 is 1.76 bits per heavy atom. The number of benzene rings is 2. The Hall–Kier alpha value is -3.25. The highest BCUT2D eigenvalue weighted by Crippen LogP contribution is 2.19. The van der Waals surface area contributed by atoms with E-state index in [4.69, 9.17) is 0 Å². The van der Waals surface area contributed by atoms with Crippen LogP contribution in [0.1, 0.15) is 33.8 Å². The summed E-state index contributed by atoms with van der Waals surface area (Å²) < 4.78 is 1.48. The lowest BCUT2D eigenvalue weighted by Crippen LogP contribution is -2.30. The Morgan fingerprint density at radius 1 is 1.00 bits per heavy atom. The van der Waals surface area contributed by atoms with Crippen LogP contribution in [0.4, 0.5) is 0 Å². The van der Waals surface area contributed by atoms with E-state index in [2.05, 4.69) is 44.2 Å². The number of aromatic nitrogens is 4. The molecule has 5 rings (SSSR count). The number of hydrogen-bond donors (Lipinski definition) is 1. The maximum absolute atomic E-state index is 13.1. The Labute approximate surface area is 168 Å². The third kappa shape index (κ3) is 3.47. The Bertz CT molecular complexity index is 1230. The van der Waals surface area contributed by atoms with E-state index in [1.165, 1.54) is 15.6 Å². The topological polar surface area (TPSA) is 66.3 Å². The van der Waals surface area contributed by atoms with Crippen molar-refractivity contribution in [3.8, 4) is 0 Å². The fourth-order valence-corrected chi connectivity index (χ4v) is 4.07. The summed E-state index contributed by atoms with van der Waals surface area (Å²) >= 11 is 0. The molecule has 29 heavy (non-hydrogen) atoms. The minimum atomic E-state index is -0.0703. The van der Waals surface area contributed by atoms with Gasteiger partial charge in [-0.25, -0.2) is 4.98 Å². The lowest BCUT2D eigenvalue weighted by Gasteiger charge is -2.27. The zero-order valence-corrected chi connectivity index (χ0v) is 16.4. The molecule has 0 saturated heterocycles. The van der Waals surface area contributed by atoms with Gasteiger partial charge in [0.05, 0.1) is 12.2 Å². The van der Waals surface area contributed by atoms with Crippen LogP contribution in [-0.2, 0) is 25.9 Å². The molecule has 1 aliphatic heterocycles. The summed E-state index contributed by atoms with van der Waals surface area (Å²) in [6.45, 7) is 4.43. The van der Waals surface area contributed by atoms with Gasteiger partial charge < -0.3 is 0 Å². The molecule has 1 aliphatic rings. The van der Waals surface area contributed by atoms with Crippen LogP contribution in [0.15, 0.2) is 59.4 Å². The maximum atomic E-state index is 13.1. The summed E-state index contributed by atoms with van der Waals surface area (Å²) in [5.41, 5.74) is 5.26. The molecule has 0 aliphatic carbocycles. The molecule has 2 aromatic heterocycles. The molecular formula is C23H23N5O.